The topological polar surface area (TPSA) is 58.9 Å². The van der Waals surface area contributed by atoms with E-state index in [-0.39, 0.29) is 0 Å². The highest BCUT2D eigenvalue weighted by Crippen LogP contribution is 2.41. The molecule has 0 saturated carbocycles. The minimum atomic E-state index is 0.345. The van der Waals surface area contributed by atoms with Gasteiger partial charge in [-0.15, -0.1) is 0 Å². The first-order valence-electron chi connectivity index (χ1n) is 6.04. The Kier molecular flexibility index (Phi) is 4.02. The Morgan fingerprint density at radius 2 is 1.50 bits per heavy atom. The van der Waals surface area contributed by atoms with E-state index in [4.69, 9.17) is 0 Å². The standard InChI is InChI=1S/C16H12N2O2/c1-11-8-14(13-6-4-3-5-7-13)16(18-10-20)15(12(11)2)17-9-19/h3-8H,1-2H3. The van der Waals surface area contributed by atoms with Crippen molar-refractivity contribution in [3.05, 3.63) is 47.5 Å². The van der Waals surface area contributed by atoms with Crippen LogP contribution in [0.3, 0.4) is 0 Å². The first-order valence-corrected chi connectivity index (χ1v) is 6.04. The average Bonchev–Trinajstić information content (AvgIpc) is 2.47. The molecule has 0 aliphatic carbocycles. The second-order valence-corrected chi connectivity index (χ2v) is 4.34. The Morgan fingerprint density at radius 3 is 2.10 bits per heavy atom. The van der Waals surface area contributed by atoms with Crippen LogP contribution in [0.5, 0.6) is 0 Å². The van der Waals surface area contributed by atoms with E-state index in [1.165, 1.54) is 12.2 Å². The fourth-order valence-corrected chi connectivity index (χ4v) is 2.06. The number of aliphatic imine (C=N–C) groups is 2. The summed E-state index contributed by atoms with van der Waals surface area (Å²) in [6.07, 6.45) is 3.04. The van der Waals surface area contributed by atoms with E-state index in [0.29, 0.717) is 11.4 Å². The second kappa shape index (κ2) is 5.89. The molecule has 0 N–H and O–H groups in total. The summed E-state index contributed by atoms with van der Waals surface area (Å²) in [6, 6.07) is 11.4. The molecule has 0 unspecified atom stereocenters. The van der Waals surface area contributed by atoms with Gasteiger partial charge in [-0.1, -0.05) is 30.3 Å². The molecule has 2 aromatic carbocycles. The van der Waals surface area contributed by atoms with Crippen molar-refractivity contribution in [1.82, 2.24) is 0 Å². The van der Waals surface area contributed by atoms with Crippen molar-refractivity contribution >= 4 is 23.5 Å². The number of hydrogen-bond donors (Lipinski definition) is 0. The van der Waals surface area contributed by atoms with Crippen molar-refractivity contribution in [2.24, 2.45) is 9.98 Å². The summed E-state index contributed by atoms with van der Waals surface area (Å²) >= 11 is 0. The molecule has 0 heterocycles. The second-order valence-electron chi connectivity index (χ2n) is 4.34. The molecule has 2 aromatic rings. The van der Waals surface area contributed by atoms with E-state index in [1.54, 1.807) is 0 Å². The molecule has 0 radical (unpaired) electrons. The van der Waals surface area contributed by atoms with Gasteiger partial charge in [0, 0.05) is 5.56 Å². The minimum Gasteiger partial charge on any atom is -0.211 e. The number of benzene rings is 2. The number of hydrogen-bond acceptors (Lipinski definition) is 4. The highest BCUT2D eigenvalue weighted by Gasteiger charge is 2.14. The number of isocyanates is 2. The molecule has 4 heteroatoms. The van der Waals surface area contributed by atoms with Gasteiger partial charge in [0.05, 0.1) is 0 Å². The lowest BCUT2D eigenvalue weighted by Crippen LogP contribution is -1.88. The predicted octanol–water partition coefficient (Wildman–Crippen LogP) is 3.91. The zero-order chi connectivity index (χ0) is 14.5. The van der Waals surface area contributed by atoms with Crippen molar-refractivity contribution in [2.45, 2.75) is 13.8 Å². The van der Waals surface area contributed by atoms with Gasteiger partial charge in [0.15, 0.2) is 0 Å². The van der Waals surface area contributed by atoms with Gasteiger partial charge >= 0.3 is 0 Å². The number of aryl methyl sites for hydroxylation is 1. The SMILES string of the molecule is Cc1cc(-c2ccccc2)c(N=C=O)c(N=C=O)c1C. The summed E-state index contributed by atoms with van der Waals surface area (Å²) < 4.78 is 0. The minimum absolute atomic E-state index is 0.345. The van der Waals surface area contributed by atoms with Crippen molar-refractivity contribution in [3.8, 4) is 11.1 Å². The third-order valence-corrected chi connectivity index (χ3v) is 3.19. The van der Waals surface area contributed by atoms with Gasteiger partial charge in [0.25, 0.3) is 0 Å². The van der Waals surface area contributed by atoms with Crippen molar-refractivity contribution in [2.75, 3.05) is 0 Å². The molecule has 2 rings (SSSR count). The van der Waals surface area contributed by atoms with Crippen LogP contribution in [0.25, 0.3) is 11.1 Å². The first-order chi connectivity index (χ1) is 9.69. The number of nitrogens with zero attached hydrogens (tertiary/aromatic N) is 2. The van der Waals surface area contributed by atoms with Crippen LogP contribution in [0.1, 0.15) is 11.1 Å². The highest BCUT2D eigenvalue weighted by atomic mass is 16.1. The fraction of sp³-hybridized carbons (Fsp3) is 0.125. The van der Waals surface area contributed by atoms with Crippen molar-refractivity contribution in [3.63, 3.8) is 0 Å². The molecule has 4 nitrogen and oxygen atoms in total. The summed E-state index contributed by atoms with van der Waals surface area (Å²) in [4.78, 5) is 28.7. The maximum absolute atomic E-state index is 10.7. The average molecular weight is 264 g/mol. The Labute approximate surface area is 116 Å². The molecule has 0 amide bonds. The third-order valence-electron chi connectivity index (χ3n) is 3.19. The van der Waals surface area contributed by atoms with E-state index < -0.39 is 0 Å². The molecule has 0 aromatic heterocycles. The van der Waals surface area contributed by atoms with Crippen LogP contribution in [0.4, 0.5) is 11.4 Å². The maximum atomic E-state index is 10.7. The molecule has 0 saturated heterocycles. The lowest BCUT2D eigenvalue weighted by atomic mass is 9.96. The molecule has 0 bridgehead atoms. The van der Waals surface area contributed by atoms with Gasteiger partial charge in [-0.2, -0.15) is 9.98 Å². The van der Waals surface area contributed by atoms with Crippen molar-refractivity contribution in [1.29, 1.82) is 0 Å². The molecule has 0 atom stereocenters. The molecule has 0 spiro atoms. The zero-order valence-corrected chi connectivity index (χ0v) is 11.2. The smallest absolute Gasteiger partial charge is 0.211 e. The summed E-state index contributed by atoms with van der Waals surface area (Å²) in [6.45, 7) is 3.74. The van der Waals surface area contributed by atoms with E-state index in [1.807, 2.05) is 50.2 Å². The van der Waals surface area contributed by atoms with Gasteiger partial charge in [-0.05, 0) is 36.6 Å². The molecule has 98 valence electrons. The molecule has 0 aliphatic heterocycles. The molecule has 0 fully saturated rings. The number of carbonyl (C=O) groups excluding carboxylic acids is 2. The van der Waals surface area contributed by atoms with E-state index in [9.17, 15) is 9.59 Å². The quantitative estimate of drug-likeness (QED) is 0.623. The van der Waals surface area contributed by atoms with Gasteiger partial charge < -0.3 is 0 Å². The summed E-state index contributed by atoms with van der Waals surface area (Å²) in [5.74, 6) is 0. The molecular weight excluding hydrogens is 252 g/mol. The normalized spacial score (nSPS) is 9.50. The monoisotopic (exact) mass is 264 g/mol. The van der Waals surface area contributed by atoms with Crippen LogP contribution in [-0.2, 0) is 9.59 Å². The van der Waals surface area contributed by atoms with Gasteiger partial charge in [0.2, 0.25) is 12.2 Å². The van der Waals surface area contributed by atoms with Crippen LogP contribution >= 0.6 is 0 Å². The first kappa shape index (κ1) is 13.6. The van der Waals surface area contributed by atoms with E-state index in [2.05, 4.69) is 9.98 Å². The van der Waals surface area contributed by atoms with Gasteiger partial charge in [0.1, 0.15) is 11.4 Å². The van der Waals surface area contributed by atoms with Crippen LogP contribution in [0.15, 0.2) is 46.4 Å². The van der Waals surface area contributed by atoms with E-state index in [0.717, 1.165) is 22.3 Å². The molecule has 0 aliphatic rings. The summed E-state index contributed by atoms with van der Waals surface area (Å²) in [5, 5.41) is 0. The van der Waals surface area contributed by atoms with Crippen LogP contribution in [0.2, 0.25) is 0 Å². The van der Waals surface area contributed by atoms with Crippen LogP contribution < -0.4 is 0 Å². The largest absolute Gasteiger partial charge is 0.240 e. The Morgan fingerprint density at radius 1 is 0.900 bits per heavy atom. The highest BCUT2D eigenvalue weighted by molar-refractivity contribution is 5.88. The molecular formula is C16H12N2O2. The Balaban J connectivity index is 2.87. The Bertz CT molecular complexity index is 739. The lowest BCUT2D eigenvalue weighted by Gasteiger charge is -2.12. The maximum Gasteiger partial charge on any atom is 0.240 e. The van der Waals surface area contributed by atoms with Gasteiger partial charge in [-0.25, -0.2) is 9.59 Å². The lowest BCUT2D eigenvalue weighted by molar-refractivity contribution is 0.564. The van der Waals surface area contributed by atoms with E-state index >= 15 is 0 Å². The van der Waals surface area contributed by atoms with Crippen molar-refractivity contribution < 1.29 is 9.59 Å². The fourth-order valence-electron chi connectivity index (χ4n) is 2.06. The Hall–Kier alpha value is -2.80. The summed E-state index contributed by atoms with van der Waals surface area (Å²) in [5.41, 5.74) is 4.10. The predicted molar refractivity (Wildman–Crippen MR) is 76.9 cm³/mol. The molecule has 20 heavy (non-hydrogen) atoms. The summed E-state index contributed by atoms with van der Waals surface area (Å²) in [7, 11) is 0. The number of rotatable bonds is 3. The van der Waals surface area contributed by atoms with Gasteiger partial charge in [-0.3, -0.25) is 0 Å². The third kappa shape index (κ3) is 2.47. The van der Waals surface area contributed by atoms with Crippen LogP contribution in [0, 0.1) is 13.8 Å². The van der Waals surface area contributed by atoms with Crippen LogP contribution in [-0.4, -0.2) is 12.2 Å². The zero-order valence-electron chi connectivity index (χ0n) is 11.2.